The van der Waals surface area contributed by atoms with E-state index in [2.05, 4.69) is 44.3 Å². The van der Waals surface area contributed by atoms with Crippen molar-refractivity contribution in [3.05, 3.63) is 29.3 Å². The zero-order valence-electron chi connectivity index (χ0n) is 10.4. The molecule has 1 aliphatic rings. The van der Waals surface area contributed by atoms with Crippen molar-refractivity contribution in [1.29, 1.82) is 0 Å². The number of ether oxygens (including phenoxy) is 1. The second kappa shape index (κ2) is 4.88. The molecule has 0 saturated carbocycles. The Morgan fingerprint density at radius 2 is 2.19 bits per heavy atom. The van der Waals surface area contributed by atoms with Crippen LogP contribution in [-0.2, 0) is 6.42 Å². The summed E-state index contributed by atoms with van der Waals surface area (Å²) in [4.78, 5) is 0. The molecule has 0 saturated heterocycles. The van der Waals surface area contributed by atoms with Gasteiger partial charge in [-0.15, -0.1) is 0 Å². The average molecular weight is 219 g/mol. The molecule has 2 rings (SSSR count). The van der Waals surface area contributed by atoms with Gasteiger partial charge in [0, 0.05) is 18.5 Å². The fraction of sp³-hybridized carbons (Fsp3) is 0.571. The average Bonchev–Trinajstić information content (AvgIpc) is 2.72. The van der Waals surface area contributed by atoms with Gasteiger partial charge in [0.15, 0.2) is 0 Å². The Balaban J connectivity index is 2.18. The fourth-order valence-electron chi connectivity index (χ4n) is 2.28. The molecule has 0 bridgehead atoms. The van der Waals surface area contributed by atoms with E-state index in [1.807, 2.05) is 0 Å². The molecule has 0 radical (unpaired) electrons. The van der Waals surface area contributed by atoms with Crippen LogP contribution in [0.3, 0.4) is 0 Å². The lowest BCUT2D eigenvalue weighted by atomic mass is 10.00. The molecule has 0 aromatic heterocycles. The lowest BCUT2D eigenvalue weighted by Gasteiger charge is -2.20. The van der Waals surface area contributed by atoms with Crippen molar-refractivity contribution in [3.8, 4) is 5.75 Å². The molecule has 16 heavy (non-hydrogen) atoms. The lowest BCUT2D eigenvalue weighted by molar-refractivity contribution is 0.356. The van der Waals surface area contributed by atoms with Crippen molar-refractivity contribution in [1.82, 2.24) is 5.32 Å². The van der Waals surface area contributed by atoms with Crippen LogP contribution in [-0.4, -0.2) is 12.6 Å². The molecule has 1 aromatic carbocycles. The molecule has 2 nitrogen and oxygen atoms in total. The Kier molecular flexibility index (Phi) is 3.49. The maximum atomic E-state index is 5.53. The molecule has 1 heterocycles. The molecule has 1 unspecified atom stereocenters. The maximum absolute atomic E-state index is 5.53. The van der Waals surface area contributed by atoms with Crippen LogP contribution in [0.5, 0.6) is 5.75 Å². The summed E-state index contributed by atoms with van der Waals surface area (Å²) in [5.41, 5.74) is 2.75. The van der Waals surface area contributed by atoms with E-state index in [1.165, 1.54) is 11.1 Å². The van der Waals surface area contributed by atoms with E-state index in [0.717, 1.165) is 25.2 Å². The van der Waals surface area contributed by atoms with E-state index < -0.39 is 0 Å². The van der Waals surface area contributed by atoms with Crippen LogP contribution >= 0.6 is 0 Å². The van der Waals surface area contributed by atoms with Gasteiger partial charge in [0.2, 0.25) is 0 Å². The van der Waals surface area contributed by atoms with E-state index in [-0.39, 0.29) is 0 Å². The van der Waals surface area contributed by atoms with Gasteiger partial charge in [-0.2, -0.15) is 0 Å². The van der Waals surface area contributed by atoms with Gasteiger partial charge in [-0.3, -0.25) is 0 Å². The number of nitrogens with one attached hydrogen (secondary N) is 1. The maximum Gasteiger partial charge on any atom is 0.122 e. The topological polar surface area (TPSA) is 21.3 Å². The van der Waals surface area contributed by atoms with Gasteiger partial charge >= 0.3 is 0 Å². The highest BCUT2D eigenvalue weighted by atomic mass is 16.5. The Hall–Kier alpha value is -1.02. The molecule has 0 aliphatic carbocycles. The van der Waals surface area contributed by atoms with Crippen LogP contribution in [0.4, 0.5) is 0 Å². The molecule has 1 aromatic rings. The minimum absolute atomic E-state index is 0.464. The molecule has 1 N–H and O–H groups in total. The largest absolute Gasteiger partial charge is 0.493 e. The first-order chi connectivity index (χ1) is 7.70. The van der Waals surface area contributed by atoms with Crippen LogP contribution in [0.25, 0.3) is 0 Å². The first kappa shape index (κ1) is 11.5. The molecular weight excluding hydrogens is 198 g/mol. The Morgan fingerprint density at radius 3 is 2.88 bits per heavy atom. The van der Waals surface area contributed by atoms with Gasteiger partial charge in [-0.1, -0.05) is 32.9 Å². The molecule has 0 spiro atoms. The van der Waals surface area contributed by atoms with Crippen LogP contribution in [0, 0.1) is 0 Å². The van der Waals surface area contributed by atoms with E-state index >= 15 is 0 Å². The number of fused-ring (bicyclic) bond motifs is 1. The second-order valence-corrected chi connectivity index (χ2v) is 4.75. The highest BCUT2D eigenvalue weighted by molar-refractivity contribution is 5.40. The highest BCUT2D eigenvalue weighted by Gasteiger charge is 2.16. The van der Waals surface area contributed by atoms with Gasteiger partial charge in [-0.25, -0.2) is 0 Å². The van der Waals surface area contributed by atoms with Crippen molar-refractivity contribution >= 4 is 0 Å². The summed E-state index contributed by atoms with van der Waals surface area (Å²) < 4.78 is 5.53. The summed E-state index contributed by atoms with van der Waals surface area (Å²) in [5.74, 6) is 1.07. The van der Waals surface area contributed by atoms with Gasteiger partial charge in [0.1, 0.15) is 5.75 Å². The third kappa shape index (κ3) is 2.38. The predicted molar refractivity (Wildman–Crippen MR) is 66.9 cm³/mol. The zero-order chi connectivity index (χ0) is 11.5. The van der Waals surface area contributed by atoms with Gasteiger partial charge in [0.25, 0.3) is 0 Å². The van der Waals surface area contributed by atoms with Crippen LogP contribution < -0.4 is 10.1 Å². The minimum Gasteiger partial charge on any atom is -0.493 e. The smallest absolute Gasteiger partial charge is 0.122 e. The molecule has 88 valence electrons. The number of rotatable bonds is 4. The van der Waals surface area contributed by atoms with Gasteiger partial charge < -0.3 is 10.1 Å². The van der Waals surface area contributed by atoms with Crippen LogP contribution in [0.2, 0.25) is 0 Å². The third-order valence-electron chi connectivity index (χ3n) is 3.06. The minimum atomic E-state index is 0.464. The van der Waals surface area contributed by atoms with E-state index in [9.17, 15) is 0 Å². The molecule has 1 atom stereocenters. The zero-order valence-corrected chi connectivity index (χ0v) is 10.4. The van der Waals surface area contributed by atoms with E-state index in [4.69, 9.17) is 4.74 Å². The first-order valence-electron chi connectivity index (χ1n) is 6.22. The summed E-state index contributed by atoms with van der Waals surface area (Å²) in [6.45, 7) is 7.45. The lowest BCUT2D eigenvalue weighted by Crippen LogP contribution is -2.27. The van der Waals surface area contributed by atoms with Crippen LogP contribution in [0.1, 0.15) is 44.4 Å². The third-order valence-corrected chi connectivity index (χ3v) is 3.06. The van der Waals surface area contributed by atoms with Crippen molar-refractivity contribution in [2.45, 2.75) is 45.7 Å². The molecule has 0 amide bonds. The van der Waals surface area contributed by atoms with Crippen molar-refractivity contribution < 1.29 is 4.74 Å². The van der Waals surface area contributed by atoms with Crippen molar-refractivity contribution in [2.75, 3.05) is 6.61 Å². The highest BCUT2D eigenvalue weighted by Crippen LogP contribution is 2.29. The molecule has 2 heteroatoms. The monoisotopic (exact) mass is 219 g/mol. The summed E-state index contributed by atoms with van der Waals surface area (Å²) in [7, 11) is 0. The Bertz CT molecular complexity index is 360. The van der Waals surface area contributed by atoms with Crippen molar-refractivity contribution in [2.24, 2.45) is 0 Å². The summed E-state index contributed by atoms with van der Waals surface area (Å²) in [6, 6.07) is 7.59. The summed E-state index contributed by atoms with van der Waals surface area (Å²) in [6.07, 6.45) is 2.18. The normalized spacial score (nSPS) is 16.0. The first-order valence-corrected chi connectivity index (χ1v) is 6.22. The van der Waals surface area contributed by atoms with Gasteiger partial charge in [0.05, 0.1) is 6.61 Å². The van der Waals surface area contributed by atoms with E-state index in [1.54, 1.807) is 0 Å². The second-order valence-electron chi connectivity index (χ2n) is 4.75. The number of benzene rings is 1. The number of hydrogen-bond acceptors (Lipinski definition) is 2. The molecular formula is C14H21NO. The SMILES string of the molecule is CCC(NC(C)C)c1ccc2c(c1)CCO2. The fourth-order valence-corrected chi connectivity index (χ4v) is 2.28. The van der Waals surface area contributed by atoms with Crippen LogP contribution in [0.15, 0.2) is 18.2 Å². The summed E-state index contributed by atoms with van der Waals surface area (Å²) in [5, 5.41) is 3.60. The van der Waals surface area contributed by atoms with E-state index in [0.29, 0.717) is 12.1 Å². The van der Waals surface area contributed by atoms with Crippen molar-refractivity contribution in [3.63, 3.8) is 0 Å². The summed E-state index contributed by atoms with van der Waals surface area (Å²) >= 11 is 0. The molecule has 0 fully saturated rings. The molecule has 1 aliphatic heterocycles. The van der Waals surface area contributed by atoms with Gasteiger partial charge in [-0.05, 0) is 23.6 Å². The Morgan fingerprint density at radius 1 is 1.38 bits per heavy atom. The Labute approximate surface area is 98.0 Å². The standard InChI is InChI=1S/C14H21NO/c1-4-13(15-10(2)3)11-5-6-14-12(9-11)7-8-16-14/h5-6,9-10,13,15H,4,7-8H2,1-3H3. The number of hydrogen-bond donors (Lipinski definition) is 1. The quantitative estimate of drug-likeness (QED) is 0.840. The predicted octanol–water partition coefficient (Wildman–Crippen LogP) is 3.07.